The summed E-state index contributed by atoms with van der Waals surface area (Å²) < 4.78 is 1.21. The molecule has 4 heteroatoms. The van der Waals surface area contributed by atoms with Gasteiger partial charge in [0.15, 0.2) is 0 Å². The van der Waals surface area contributed by atoms with E-state index in [1.165, 1.54) is 22.3 Å². The summed E-state index contributed by atoms with van der Waals surface area (Å²) in [6.45, 7) is 3.48. The van der Waals surface area contributed by atoms with Crippen LogP contribution < -0.4 is 5.32 Å². The number of thiophene rings is 1. The van der Waals surface area contributed by atoms with E-state index in [4.69, 9.17) is 0 Å². The minimum absolute atomic E-state index is 0.762. The SMILES string of the molecule is CN(CCc1cc(Br)cs1)C1CNC1. The molecule has 1 saturated heterocycles. The molecule has 0 spiro atoms. The average Bonchev–Trinajstić information content (AvgIpc) is 2.45. The quantitative estimate of drug-likeness (QED) is 0.903. The summed E-state index contributed by atoms with van der Waals surface area (Å²) in [6, 6.07) is 2.98. The van der Waals surface area contributed by atoms with Gasteiger partial charge in [-0.3, -0.25) is 0 Å². The first kappa shape index (κ1) is 10.6. The molecule has 1 aromatic rings. The van der Waals surface area contributed by atoms with Gasteiger partial charge in [-0.25, -0.2) is 0 Å². The Labute approximate surface area is 97.4 Å². The number of nitrogens with zero attached hydrogens (tertiary/aromatic N) is 1. The van der Waals surface area contributed by atoms with Gasteiger partial charge in [0.1, 0.15) is 0 Å². The summed E-state index contributed by atoms with van der Waals surface area (Å²) in [4.78, 5) is 3.92. The fraction of sp³-hybridized carbons (Fsp3) is 0.600. The Kier molecular flexibility index (Phi) is 3.60. The molecule has 2 heterocycles. The van der Waals surface area contributed by atoms with E-state index in [9.17, 15) is 0 Å². The second-order valence-corrected chi connectivity index (χ2v) is 5.69. The Morgan fingerprint density at radius 3 is 2.93 bits per heavy atom. The highest BCUT2D eigenvalue weighted by Gasteiger charge is 2.20. The van der Waals surface area contributed by atoms with Crippen LogP contribution in [0.25, 0.3) is 0 Å². The van der Waals surface area contributed by atoms with Gasteiger partial charge in [0.25, 0.3) is 0 Å². The van der Waals surface area contributed by atoms with Gasteiger partial charge in [0.05, 0.1) is 0 Å². The lowest BCUT2D eigenvalue weighted by atomic mass is 10.1. The average molecular weight is 275 g/mol. The monoisotopic (exact) mass is 274 g/mol. The molecule has 0 radical (unpaired) electrons. The van der Waals surface area contributed by atoms with Gasteiger partial charge in [-0.2, -0.15) is 0 Å². The molecule has 0 amide bonds. The fourth-order valence-electron chi connectivity index (χ4n) is 1.54. The zero-order chi connectivity index (χ0) is 9.97. The first-order chi connectivity index (χ1) is 6.75. The van der Waals surface area contributed by atoms with Crippen molar-refractivity contribution < 1.29 is 0 Å². The predicted molar refractivity (Wildman–Crippen MR) is 65.0 cm³/mol. The molecule has 0 unspecified atom stereocenters. The van der Waals surface area contributed by atoms with E-state index >= 15 is 0 Å². The van der Waals surface area contributed by atoms with Crippen molar-refractivity contribution >= 4 is 27.3 Å². The first-order valence-electron chi connectivity index (χ1n) is 4.89. The van der Waals surface area contributed by atoms with E-state index in [1.807, 2.05) is 11.3 Å². The lowest BCUT2D eigenvalue weighted by molar-refractivity contribution is 0.182. The predicted octanol–water partition coefficient (Wildman–Crippen LogP) is 1.96. The van der Waals surface area contributed by atoms with Gasteiger partial charge in [-0.05, 0) is 35.5 Å². The Bertz CT molecular complexity index is 296. The molecule has 0 bridgehead atoms. The number of halogens is 1. The van der Waals surface area contributed by atoms with Crippen molar-refractivity contribution in [1.29, 1.82) is 0 Å². The smallest absolute Gasteiger partial charge is 0.0342 e. The molecule has 1 aliphatic heterocycles. The van der Waals surface area contributed by atoms with Crippen molar-refractivity contribution in [1.82, 2.24) is 10.2 Å². The highest BCUT2D eigenvalue weighted by Crippen LogP contribution is 2.20. The Morgan fingerprint density at radius 2 is 2.43 bits per heavy atom. The van der Waals surface area contributed by atoms with Gasteiger partial charge in [0, 0.05) is 40.4 Å². The van der Waals surface area contributed by atoms with E-state index in [2.05, 4.69) is 44.6 Å². The van der Waals surface area contributed by atoms with Crippen molar-refractivity contribution in [3.8, 4) is 0 Å². The summed E-state index contributed by atoms with van der Waals surface area (Å²) in [5.41, 5.74) is 0. The third kappa shape index (κ3) is 2.57. The summed E-state index contributed by atoms with van der Waals surface area (Å²) >= 11 is 5.32. The topological polar surface area (TPSA) is 15.3 Å². The van der Waals surface area contributed by atoms with Crippen molar-refractivity contribution in [2.24, 2.45) is 0 Å². The van der Waals surface area contributed by atoms with Gasteiger partial charge < -0.3 is 10.2 Å². The molecular formula is C10H15BrN2S. The highest BCUT2D eigenvalue weighted by molar-refractivity contribution is 9.10. The normalized spacial score (nSPS) is 17.4. The van der Waals surface area contributed by atoms with Crippen LogP contribution in [0, 0.1) is 0 Å². The summed E-state index contributed by atoms with van der Waals surface area (Å²) in [5, 5.41) is 5.45. The van der Waals surface area contributed by atoms with Gasteiger partial charge in [-0.15, -0.1) is 11.3 Å². The molecule has 2 nitrogen and oxygen atoms in total. The fourth-order valence-corrected chi connectivity index (χ4v) is 2.98. The van der Waals surface area contributed by atoms with Crippen molar-refractivity contribution in [2.45, 2.75) is 12.5 Å². The van der Waals surface area contributed by atoms with Crippen LogP contribution in [0.3, 0.4) is 0 Å². The van der Waals surface area contributed by atoms with Crippen LogP contribution in [0.5, 0.6) is 0 Å². The zero-order valence-electron chi connectivity index (χ0n) is 8.29. The third-order valence-electron chi connectivity index (χ3n) is 2.72. The summed E-state index contributed by atoms with van der Waals surface area (Å²) in [7, 11) is 2.22. The number of hydrogen-bond donors (Lipinski definition) is 1. The van der Waals surface area contributed by atoms with Crippen molar-refractivity contribution in [2.75, 3.05) is 26.7 Å². The molecule has 0 aromatic carbocycles. The maximum absolute atomic E-state index is 3.48. The van der Waals surface area contributed by atoms with E-state index in [1.54, 1.807) is 0 Å². The van der Waals surface area contributed by atoms with Crippen LogP contribution in [0.15, 0.2) is 15.9 Å². The Balaban J connectivity index is 1.76. The number of rotatable bonds is 4. The van der Waals surface area contributed by atoms with Crippen molar-refractivity contribution in [3.05, 3.63) is 20.8 Å². The van der Waals surface area contributed by atoms with Gasteiger partial charge in [-0.1, -0.05) is 0 Å². The van der Waals surface area contributed by atoms with Crippen LogP contribution in [-0.4, -0.2) is 37.6 Å². The standard InChI is InChI=1S/C10H15BrN2S/c1-13(9-5-12-6-9)3-2-10-4-8(11)7-14-10/h4,7,9,12H,2-3,5-6H2,1H3. The van der Waals surface area contributed by atoms with E-state index in [-0.39, 0.29) is 0 Å². The molecule has 0 aliphatic carbocycles. The molecule has 1 aliphatic rings. The lowest BCUT2D eigenvalue weighted by Crippen LogP contribution is -2.56. The van der Waals surface area contributed by atoms with Crippen LogP contribution in [0.1, 0.15) is 4.88 Å². The number of nitrogens with one attached hydrogen (secondary N) is 1. The van der Waals surface area contributed by atoms with Crippen LogP contribution in [0.4, 0.5) is 0 Å². The second-order valence-electron chi connectivity index (χ2n) is 3.77. The largest absolute Gasteiger partial charge is 0.314 e. The molecule has 0 saturated carbocycles. The maximum Gasteiger partial charge on any atom is 0.0342 e. The molecular weight excluding hydrogens is 260 g/mol. The maximum atomic E-state index is 3.48. The summed E-state index contributed by atoms with van der Waals surface area (Å²) in [5.74, 6) is 0. The zero-order valence-corrected chi connectivity index (χ0v) is 10.7. The molecule has 1 aromatic heterocycles. The lowest BCUT2D eigenvalue weighted by Gasteiger charge is -2.35. The molecule has 14 heavy (non-hydrogen) atoms. The second kappa shape index (κ2) is 4.75. The molecule has 78 valence electrons. The van der Waals surface area contributed by atoms with Crippen LogP contribution >= 0.6 is 27.3 Å². The van der Waals surface area contributed by atoms with Crippen LogP contribution in [-0.2, 0) is 6.42 Å². The number of hydrogen-bond acceptors (Lipinski definition) is 3. The third-order valence-corrected chi connectivity index (χ3v) is 4.47. The van der Waals surface area contributed by atoms with Crippen LogP contribution in [0.2, 0.25) is 0 Å². The van der Waals surface area contributed by atoms with E-state index in [0.717, 1.165) is 19.1 Å². The van der Waals surface area contributed by atoms with E-state index < -0.39 is 0 Å². The molecule has 1 N–H and O–H groups in total. The van der Waals surface area contributed by atoms with E-state index in [0.29, 0.717) is 0 Å². The Morgan fingerprint density at radius 1 is 1.64 bits per heavy atom. The first-order valence-corrected chi connectivity index (χ1v) is 6.57. The minimum atomic E-state index is 0.762. The highest BCUT2D eigenvalue weighted by atomic mass is 79.9. The molecule has 0 atom stereocenters. The Hall–Kier alpha value is 0.1000. The summed E-state index contributed by atoms with van der Waals surface area (Å²) in [6.07, 6.45) is 1.17. The molecule has 2 rings (SSSR count). The van der Waals surface area contributed by atoms with Gasteiger partial charge >= 0.3 is 0 Å². The number of likely N-dealkylation sites (N-methyl/N-ethyl adjacent to an activating group) is 1. The van der Waals surface area contributed by atoms with Crippen molar-refractivity contribution in [3.63, 3.8) is 0 Å². The minimum Gasteiger partial charge on any atom is -0.314 e. The van der Waals surface area contributed by atoms with Gasteiger partial charge in [0.2, 0.25) is 0 Å². The molecule has 1 fully saturated rings.